The van der Waals surface area contributed by atoms with Crippen LogP contribution in [0.15, 0.2) is 23.8 Å². The zero-order chi connectivity index (χ0) is 26.9. The smallest absolute Gasteiger partial charge is 0.336 e. The number of rotatable bonds is 5. The van der Waals surface area contributed by atoms with E-state index in [1.54, 1.807) is 0 Å². The van der Waals surface area contributed by atoms with Crippen LogP contribution < -0.4 is 0 Å². The summed E-state index contributed by atoms with van der Waals surface area (Å²) in [7, 11) is 0. The van der Waals surface area contributed by atoms with Crippen LogP contribution in [0, 0.1) is 23.2 Å². The lowest BCUT2D eigenvalue weighted by Crippen LogP contribution is -2.78. The number of allylic oxidation sites excluding steroid dienone is 2. The number of fused-ring (bicyclic) bond motifs is 2. The largest absolute Gasteiger partial charge is 0.459 e. The number of aliphatic hydroxyl groups excluding tert-OH is 1. The van der Waals surface area contributed by atoms with Gasteiger partial charge < -0.3 is 29.2 Å². The van der Waals surface area contributed by atoms with Gasteiger partial charge in [-0.15, -0.1) is 0 Å². The molecule has 1 aliphatic carbocycles. The second-order valence-corrected chi connectivity index (χ2v) is 13.6. The molecule has 5 aliphatic heterocycles. The number of esters is 1. The van der Waals surface area contributed by atoms with Crippen molar-refractivity contribution in [3.05, 3.63) is 23.8 Å². The average molecular weight is 519 g/mol. The lowest BCUT2D eigenvalue weighted by atomic mass is 9.58. The molecule has 2 bridgehead atoms. The second kappa shape index (κ2) is 9.16. The van der Waals surface area contributed by atoms with E-state index in [1.165, 1.54) is 5.57 Å². The Hall–Kier alpha value is -1.25. The van der Waals surface area contributed by atoms with E-state index in [9.17, 15) is 15.0 Å². The molecule has 37 heavy (non-hydrogen) atoms. The molecule has 7 atom stereocenters. The highest BCUT2D eigenvalue weighted by Gasteiger charge is 2.71. The average Bonchev–Trinajstić information content (AvgIpc) is 3.13. The fourth-order valence-electron chi connectivity index (χ4n) is 7.82. The minimum atomic E-state index is -1.32. The van der Waals surface area contributed by atoms with Crippen molar-refractivity contribution in [1.82, 2.24) is 0 Å². The molecule has 6 fully saturated rings. The summed E-state index contributed by atoms with van der Waals surface area (Å²) in [6, 6.07) is 0. The van der Waals surface area contributed by atoms with Gasteiger partial charge in [-0.05, 0) is 88.9 Å². The fourth-order valence-corrected chi connectivity index (χ4v) is 7.82. The van der Waals surface area contributed by atoms with Crippen LogP contribution in [0.4, 0.5) is 0 Å². The van der Waals surface area contributed by atoms with Gasteiger partial charge in [-0.3, -0.25) is 0 Å². The van der Waals surface area contributed by atoms with Crippen LogP contribution in [0.5, 0.6) is 0 Å². The van der Waals surface area contributed by atoms with E-state index >= 15 is 0 Å². The molecule has 0 unspecified atom stereocenters. The van der Waals surface area contributed by atoms with Crippen molar-refractivity contribution >= 4 is 5.97 Å². The van der Waals surface area contributed by atoms with Crippen LogP contribution >= 0.6 is 0 Å². The van der Waals surface area contributed by atoms with Gasteiger partial charge >= 0.3 is 5.97 Å². The maximum Gasteiger partial charge on any atom is 0.336 e. The van der Waals surface area contributed by atoms with Crippen molar-refractivity contribution in [2.75, 3.05) is 13.2 Å². The zero-order valence-electron chi connectivity index (χ0n) is 23.3. The molecule has 5 heterocycles. The monoisotopic (exact) mass is 518 g/mol. The van der Waals surface area contributed by atoms with Crippen LogP contribution in [0.1, 0.15) is 92.4 Å². The lowest BCUT2D eigenvalue weighted by molar-refractivity contribution is -0.522. The highest BCUT2D eigenvalue weighted by Crippen LogP contribution is 2.59. The third-order valence-corrected chi connectivity index (χ3v) is 10.7. The minimum Gasteiger partial charge on any atom is -0.459 e. The van der Waals surface area contributed by atoms with Gasteiger partial charge in [-0.1, -0.05) is 32.1 Å². The van der Waals surface area contributed by atoms with E-state index in [1.807, 2.05) is 19.9 Å². The predicted octanol–water partition coefficient (Wildman–Crippen LogP) is 4.80. The molecule has 1 saturated carbocycles. The van der Waals surface area contributed by atoms with Crippen molar-refractivity contribution in [2.45, 2.75) is 121 Å². The summed E-state index contributed by atoms with van der Waals surface area (Å²) >= 11 is 0. The van der Waals surface area contributed by atoms with E-state index in [0.717, 1.165) is 44.9 Å². The number of carbonyl (C=O) groups is 1. The first-order chi connectivity index (χ1) is 17.2. The highest BCUT2D eigenvalue weighted by molar-refractivity contribution is 5.91. The van der Waals surface area contributed by atoms with E-state index in [4.69, 9.17) is 18.9 Å². The van der Waals surface area contributed by atoms with Gasteiger partial charge in [-0.25, -0.2) is 4.79 Å². The molecular formula is C30H46O7. The number of carbonyl (C=O) groups excluding carboxylic acids is 1. The molecule has 0 radical (unpaired) electrons. The van der Waals surface area contributed by atoms with Crippen LogP contribution in [-0.2, 0) is 23.7 Å². The van der Waals surface area contributed by atoms with Gasteiger partial charge in [0.25, 0.3) is 0 Å². The van der Waals surface area contributed by atoms with Gasteiger partial charge in [0.15, 0.2) is 5.79 Å². The van der Waals surface area contributed by atoms with E-state index in [-0.39, 0.29) is 17.9 Å². The summed E-state index contributed by atoms with van der Waals surface area (Å²) in [5.74, 6) is -1.34. The number of aliphatic hydroxyl groups is 2. The molecule has 7 nitrogen and oxygen atoms in total. The molecule has 0 amide bonds. The highest BCUT2D eigenvalue weighted by atomic mass is 16.8. The van der Waals surface area contributed by atoms with Gasteiger partial charge in [0, 0.05) is 12.8 Å². The molecule has 6 aliphatic rings. The standard InChI is InChI=1S/C30H46O7/c1-19-7-9-21(26(2,3)23(19)12-11-22-24(31)18-34-25(22)32)10-8-20-13-14-30(35-17-20)28(6)15-16-29(33,37-30)27(4,5)36-28/h11,20-21,23-24,31,33H,1,7-10,12-18H2,2-6H3/b22-11+/t20-,21-,23+,24+,28+,29+,30+/m1/s1. The molecule has 7 heteroatoms. The summed E-state index contributed by atoms with van der Waals surface area (Å²) in [4.78, 5) is 12.0. The Bertz CT molecular complexity index is 959. The normalized spacial score (nSPS) is 46.0. The molecule has 0 aromatic carbocycles. The summed E-state index contributed by atoms with van der Waals surface area (Å²) in [5.41, 5.74) is 0.353. The third-order valence-electron chi connectivity index (χ3n) is 10.7. The Kier molecular flexibility index (Phi) is 6.76. The van der Waals surface area contributed by atoms with E-state index in [2.05, 4.69) is 27.4 Å². The quantitative estimate of drug-likeness (QED) is 0.307. The number of hydrogen-bond donors (Lipinski definition) is 2. The number of cyclic esters (lactones) is 1. The van der Waals surface area contributed by atoms with Gasteiger partial charge in [0.2, 0.25) is 5.79 Å². The third kappa shape index (κ3) is 4.43. The first-order valence-electron chi connectivity index (χ1n) is 14.2. The van der Waals surface area contributed by atoms with Crippen LogP contribution in [-0.4, -0.2) is 58.3 Å². The maximum absolute atomic E-state index is 12.0. The molecule has 5 saturated heterocycles. The molecule has 208 valence electrons. The summed E-state index contributed by atoms with van der Waals surface area (Å²) in [6.45, 7) is 15.6. The molecular weight excluding hydrogens is 472 g/mol. The Morgan fingerprint density at radius 3 is 2.41 bits per heavy atom. The lowest BCUT2D eigenvalue weighted by Gasteiger charge is -2.66. The summed E-state index contributed by atoms with van der Waals surface area (Å²) < 4.78 is 24.2. The Balaban J connectivity index is 1.19. The van der Waals surface area contributed by atoms with Crippen molar-refractivity contribution in [3.63, 3.8) is 0 Å². The SMILES string of the molecule is C=C1CC[C@H](CC[C@@H]2CC[C@]3(OC2)O[C@@]2(O)CC[C@]3(C)OC2(C)C)C(C)(C)[C@H]1C/C=C1/C(=O)OC[C@@H]1O. The van der Waals surface area contributed by atoms with E-state index < -0.39 is 34.8 Å². The Labute approximate surface area is 221 Å². The van der Waals surface area contributed by atoms with Crippen molar-refractivity contribution in [2.24, 2.45) is 23.2 Å². The number of ether oxygens (including phenoxy) is 4. The van der Waals surface area contributed by atoms with E-state index in [0.29, 0.717) is 36.9 Å². The summed E-state index contributed by atoms with van der Waals surface area (Å²) in [6.07, 6.45) is 9.09. The van der Waals surface area contributed by atoms with Gasteiger partial charge in [0.05, 0.1) is 12.2 Å². The number of hydrogen-bond acceptors (Lipinski definition) is 7. The van der Waals surface area contributed by atoms with Crippen molar-refractivity contribution < 1.29 is 34.0 Å². The van der Waals surface area contributed by atoms with Crippen molar-refractivity contribution in [1.29, 1.82) is 0 Å². The molecule has 0 aromatic heterocycles. The van der Waals surface area contributed by atoms with Crippen LogP contribution in [0.3, 0.4) is 0 Å². The van der Waals surface area contributed by atoms with Gasteiger partial charge in [-0.2, -0.15) is 0 Å². The minimum absolute atomic E-state index is 0.0401. The Morgan fingerprint density at radius 2 is 1.78 bits per heavy atom. The maximum atomic E-state index is 12.0. The zero-order valence-corrected chi connectivity index (χ0v) is 23.3. The fraction of sp³-hybridized carbons (Fsp3) is 0.833. The Morgan fingerprint density at radius 1 is 1.03 bits per heavy atom. The first kappa shape index (κ1) is 27.3. The first-order valence-corrected chi connectivity index (χ1v) is 14.2. The molecule has 2 N–H and O–H groups in total. The predicted molar refractivity (Wildman–Crippen MR) is 138 cm³/mol. The van der Waals surface area contributed by atoms with Gasteiger partial charge in [0.1, 0.15) is 23.9 Å². The van der Waals surface area contributed by atoms with Crippen LogP contribution in [0.25, 0.3) is 0 Å². The van der Waals surface area contributed by atoms with Crippen LogP contribution in [0.2, 0.25) is 0 Å². The summed E-state index contributed by atoms with van der Waals surface area (Å²) in [5, 5.41) is 21.3. The topological polar surface area (TPSA) is 94.5 Å². The molecule has 6 rings (SSSR count). The second-order valence-electron chi connectivity index (χ2n) is 13.6. The molecule has 0 aromatic rings. The molecule has 1 spiro atoms. The van der Waals surface area contributed by atoms with Crippen molar-refractivity contribution in [3.8, 4) is 0 Å².